The van der Waals surface area contributed by atoms with Crippen LogP contribution in [0.15, 0.2) is 85.2 Å². The van der Waals surface area contributed by atoms with Gasteiger partial charge in [0, 0.05) is 51.2 Å². The molecule has 69 heavy (non-hydrogen) atoms. The Hall–Kier alpha value is -6.32. The van der Waals surface area contributed by atoms with Crippen LogP contribution < -0.4 is 14.4 Å². The lowest BCUT2D eigenvalue weighted by Gasteiger charge is -2.42. The van der Waals surface area contributed by atoms with Crippen molar-refractivity contribution in [1.29, 1.82) is 0 Å². The second-order valence-corrected chi connectivity index (χ2v) is 19.5. The van der Waals surface area contributed by atoms with Crippen molar-refractivity contribution in [2.24, 2.45) is 5.92 Å². The molecule has 0 spiro atoms. The average molecular weight is 942 g/mol. The van der Waals surface area contributed by atoms with E-state index in [9.17, 15) is 9.59 Å². The highest BCUT2D eigenvalue weighted by Gasteiger charge is 2.45. The number of amides is 1. The third-order valence-electron chi connectivity index (χ3n) is 13.7. The number of fused-ring (bicyclic) bond motifs is 4. The molecule has 2 atom stereocenters. The molecule has 0 N–H and O–H groups in total. The van der Waals surface area contributed by atoms with E-state index in [0.717, 1.165) is 85.8 Å². The highest BCUT2D eigenvalue weighted by molar-refractivity contribution is 6.01. The first kappa shape index (κ1) is 47.7. The lowest BCUT2D eigenvalue weighted by Crippen LogP contribution is -2.57. The fourth-order valence-corrected chi connectivity index (χ4v) is 10.2. The number of nitrogens with zero attached hydrogens (tertiary/aromatic N) is 7. The number of rotatable bonds is 17. The number of piperazine rings is 1. The number of halogens is 1. The zero-order valence-corrected chi connectivity index (χ0v) is 40.5. The number of piperidine rings is 1. The number of benzene rings is 3. The molecular formula is C54H64FN7O7. The summed E-state index contributed by atoms with van der Waals surface area (Å²) in [7, 11) is 1.56. The number of methoxy groups -OCH3 is 1. The van der Waals surface area contributed by atoms with Gasteiger partial charge >= 0.3 is 18.1 Å². The maximum atomic E-state index is 17.6. The summed E-state index contributed by atoms with van der Waals surface area (Å²) in [4.78, 5) is 46.9. The number of carbonyl (C=O) groups excluding carboxylic acids is 2. The Morgan fingerprint density at radius 2 is 1.65 bits per heavy atom. The number of ether oxygens (including phenoxy) is 5. The Morgan fingerprint density at radius 3 is 2.39 bits per heavy atom. The molecule has 1 amide bonds. The van der Waals surface area contributed by atoms with Crippen molar-refractivity contribution >= 4 is 39.6 Å². The van der Waals surface area contributed by atoms with Gasteiger partial charge in [0.2, 0.25) is 0 Å². The molecule has 3 aromatic heterocycles. The molecule has 364 valence electrons. The van der Waals surface area contributed by atoms with Gasteiger partial charge in [0.25, 0.3) is 0 Å². The van der Waals surface area contributed by atoms with E-state index in [1.54, 1.807) is 13.3 Å². The standard InChI is InChI=1S/C54H64FN7O7/c1-6-38-14-10-15-39-28-43(68-35-65-5)29-44(47(38)39)49-48(55)50-45(30-56-49)51(61-31-40-17-18-41(32-61)62(40)53(64)69-54(2,3)4)58-52(57-50)67-34-42-16-11-23-60(42)27-21-36-19-24-59(25-20-36)26-22-46(63)66-33-37-12-8-7-9-13-37/h7-16,23,28-30,36,40-41H,6,17-22,24-27,31-35H2,1-5H3/t40-,41-/m0/s1. The lowest BCUT2D eigenvalue weighted by atomic mass is 9.93. The van der Waals surface area contributed by atoms with Gasteiger partial charge < -0.3 is 38.1 Å². The lowest BCUT2D eigenvalue weighted by molar-refractivity contribution is -0.145. The summed E-state index contributed by atoms with van der Waals surface area (Å²) in [6.45, 7) is 12.6. The maximum Gasteiger partial charge on any atom is 0.410 e. The molecule has 6 aromatic rings. The molecule has 0 radical (unpaired) electrons. The van der Waals surface area contributed by atoms with Gasteiger partial charge in [-0.25, -0.2) is 9.18 Å². The highest BCUT2D eigenvalue weighted by atomic mass is 19.1. The first-order valence-corrected chi connectivity index (χ1v) is 24.4. The van der Waals surface area contributed by atoms with E-state index < -0.39 is 11.4 Å². The zero-order valence-electron chi connectivity index (χ0n) is 40.5. The third-order valence-corrected chi connectivity index (χ3v) is 13.7. The van der Waals surface area contributed by atoms with E-state index in [1.807, 2.05) is 98.5 Å². The number of aryl methyl sites for hydroxylation is 2. The van der Waals surface area contributed by atoms with Gasteiger partial charge in [-0.3, -0.25) is 14.7 Å². The van der Waals surface area contributed by atoms with E-state index in [1.165, 1.54) is 0 Å². The van der Waals surface area contributed by atoms with Crippen molar-refractivity contribution in [1.82, 2.24) is 29.3 Å². The average Bonchev–Trinajstić information content (AvgIpc) is 3.92. The molecule has 0 unspecified atom stereocenters. The molecule has 3 fully saturated rings. The van der Waals surface area contributed by atoms with Crippen LogP contribution in [0.5, 0.6) is 11.8 Å². The number of esters is 1. The summed E-state index contributed by atoms with van der Waals surface area (Å²) < 4.78 is 48.7. The summed E-state index contributed by atoms with van der Waals surface area (Å²) in [5.41, 5.74) is 3.20. The molecule has 6 heterocycles. The van der Waals surface area contributed by atoms with Gasteiger partial charge in [0.1, 0.15) is 41.6 Å². The highest BCUT2D eigenvalue weighted by Crippen LogP contribution is 2.41. The Kier molecular flexibility index (Phi) is 14.6. The first-order chi connectivity index (χ1) is 33.4. The number of anilines is 1. The van der Waals surface area contributed by atoms with Crippen molar-refractivity contribution in [2.45, 2.75) is 110 Å². The Labute approximate surface area is 403 Å². The normalized spacial score (nSPS) is 17.7. The molecule has 3 saturated heterocycles. The van der Waals surface area contributed by atoms with E-state index >= 15 is 4.39 Å². The van der Waals surface area contributed by atoms with Crippen LogP contribution in [0.2, 0.25) is 0 Å². The minimum atomic E-state index is -0.622. The van der Waals surface area contributed by atoms with Gasteiger partial charge in [-0.15, -0.1) is 0 Å². The summed E-state index contributed by atoms with van der Waals surface area (Å²) in [5, 5.41) is 2.24. The van der Waals surface area contributed by atoms with Gasteiger partial charge in [-0.2, -0.15) is 9.97 Å². The van der Waals surface area contributed by atoms with Crippen LogP contribution >= 0.6 is 0 Å². The molecule has 0 aliphatic carbocycles. The van der Waals surface area contributed by atoms with Gasteiger partial charge in [0.05, 0.1) is 29.6 Å². The predicted octanol–water partition coefficient (Wildman–Crippen LogP) is 9.73. The van der Waals surface area contributed by atoms with Crippen molar-refractivity contribution in [3.05, 3.63) is 108 Å². The molecular weight excluding hydrogens is 878 g/mol. The van der Waals surface area contributed by atoms with Crippen LogP contribution in [-0.2, 0) is 45.2 Å². The van der Waals surface area contributed by atoms with Crippen molar-refractivity contribution in [2.75, 3.05) is 51.5 Å². The zero-order chi connectivity index (χ0) is 48.1. The van der Waals surface area contributed by atoms with Crippen LogP contribution in [-0.4, -0.2) is 106 Å². The molecule has 2 bridgehead atoms. The fraction of sp³-hybridized carbons (Fsp3) is 0.463. The van der Waals surface area contributed by atoms with E-state index in [2.05, 4.69) is 27.5 Å². The van der Waals surface area contributed by atoms with Gasteiger partial charge in [-0.05, 0) is 124 Å². The molecule has 14 nitrogen and oxygen atoms in total. The minimum Gasteiger partial charge on any atom is -0.468 e. The number of aromatic nitrogens is 4. The fourth-order valence-electron chi connectivity index (χ4n) is 10.2. The van der Waals surface area contributed by atoms with E-state index in [0.29, 0.717) is 61.1 Å². The van der Waals surface area contributed by atoms with Crippen LogP contribution in [0.25, 0.3) is 32.9 Å². The topological polar surface area (TPSA) is 134 Å². The number of hydrogen-bond donors (Lipinski definition) is 0. The second-order valence-electron chi connectivity index (χ2n) is 19.5. The van der Waals surface area contributed by atoms with Crippen LogP contribution in [0, 0.1) is 11.7 Å². The predicted molar refractivity (Wildman–Crippen MR) is 263 cm³/mol. The minimum absolute atomic E-state index is 0.0340. The maximum absolute atomic E-state index is 17.6. The number of pyridine rings is 1. The summed E-state index contributed by atoms with van der Waals surface area (Å²) in [5.74, 6) is 0.839. The number of carbonyl (C=O) groups is 2. The Morgan fingerprint density at radius 1 is 0.870 bits per heavy atom. The first-order valence-electron chi connectivity index (χ1n) is 24.4. The molecule has 3 aliphatic heterocycles. The second kappa shape index (κ2) is 21.1. The molecule has 9 rings (SSSR count). The summed E-state index contributed by atoms with van der Waals surface area (Å²) >= 11 is 0. The van der Waals surface area contributed by atoms with Crippen molar-refractivity contribution < 1.29 is 37.7 Å². The summed E-state index contributed by atoms with van der Waals surface area (Å²) in [6.07, 6.45) is 9.31. The number of likely N-dealkylation sites (tertiary alicyclic amines) is 1. The Bertz CT molecular complexity index is 2740. The van der Waals surface area contributed by atoms with Crippen LogP contribution in [0.1, 0.15) is 83.0 Å². The quantitative estimate of drug-likeness (QED) is 0.0637. The molecule has 3 aliphatic rings. The van der Waals surface area contributed by atoms with E-state index in [4.69, 9.17) is 38.6 Å². The summed E-state index contributed by atoms with van der Waals surface area (Å²) in [6, 6.07) is 23.4. The van der Waals surface area contributed by atoms with E-state index in [-0.39, 0.29) is 54.8 Å². The third kappa shape index (κ3) is 11.1. The van der Waals surface area contributed by atoms with Crippen molar-refractivity contribution in [3.8, 4) is 23.0 Å². The smallest absolute Gasteiger partial charge is 0.410 e. The van der Waals surface area contributed by atoms with Gasteiger partial charge in [0.15, 0.2) is 12.6 Å². The largest absolute Gasteiger partial charge is 0.468 e. The van der Waals surface area contributed by atoms with Crippen LogP contribution in [0.3, 0.4) is 0 Å². The van der Waals surface area contributed by atoms with Crippen molar-refractivity contribution in [3.63, 3.8) is 0 Å². The van der Waals surface area contributed by atoms with Crippen LogP contribution in [0.4, 0.5) is 15.0 Å². The molecule has 3 aromatic carbocycles. The molecule has 15 heteroatoms. The molecule has 0 saturated carbocycles. The number of hydrogen-bond acceptors (Lipinski definition) is 12. The van der Waals surface area contributed by atoms with Gasteiger partial charge in [-0.1, -0.05) is 55.5 Å². The Balaban J connectivity index is 0.934. The SMILES string of the molecule is CCc1cccc2cc(OCOC)cc(-c3ncc4c(N5C[C@@H]6CC[C@@H](C5)N6C(=O)OC(C)(C)C)nc(OCc5cccn5CCC5CCN(CCC(=O)OCc6ccccc6)CC5)nc4c3F)c12. The monoisotopic (exact) mass is 941 g/mol.